The Balaban J connectivity index is 2.21. The molecule has 7 heteroatoms. The molecule has 1 aromatic rings. The predicted molar refractivity (Wildman–Crippen MR) is 76.8 cm³/mol. The zero-order chi connectivity index (χ0) is 16.4. The van der Waals surface area contributed by atoms with Gasteiger partial charge in [0.25, 0.3) is 0 Å². The number of phenols is 3. The van der Waals surface area contributed by atoms with Crippen LogP contribution in [0.15, 0.2) is 35.9 Å². The van der Waals surface area contributed by atoms with Crippen molar-refractivity contribution in [3.05, 3.63) is 35.9 Å². The topological polar surface area (TPSA) is 124 Å². The first-order valence-electron chi connectivity index (χ1n) is 6.33. The van der Waals surface area contributed by atoms with Crippen LogP contribution in [0.3, 0.4) is 0 Å². The van der Waals surface area contributed by atoms with Gasteiger partial charge in [0.05, 0.1) is 17.3 Å². The smallest absolute Gasteiger partial charge is 0.189 e. The second-order valence-corrected chi connectivity index (χ2v) is 4.75. The molecule has 7 nitrogen and oxygen atoms in total. The fraction of sp³-hybridized carbons (Fsp3) is 0.133. The summed E-state index contributed by atoms with van der Waals surface area (Å²) in [4.78, 5) is 35.1. The highest BCUT2D eigenvalue weighted by Crippen LogP contribution is 2.36. The Morgan fingerprint density at radius 2 is 1.68 bits per heavy atom. The van der Waals surface area contributed by atoms with Gasteiger partial charge in [0.15, 0.2) is 28.8 Å². The number of benzene rings is 1. The van der Waals surface area contributed by atoms with E-state index in [9.17, 15) is 29.7 Å². The van der Waals surface area contributed by atoms with Crippen LogP contribution < -0.4 is 5.32 Å². The monoisotopic (exact) mass is 303 g/mol. The molecular formula is C15H13NO6. The van der Waals surface area contributed by atoms with E-state index in [4.69, 9.17) is 0 Å². The normalized spacial score (nSPS) is 15.4. The number of hydrogen-bond donors (Lipinski definition) is 4. The molecule has 4 N–H and O–H groups in total. The fourth-order valence-corrected chi connectivity index (χ4v) is 1.92. The van der Waals surface area contributed by atoms with Crippen molar-refractivity contribution >= 4 is 23.0 Å². The Kier molecular flexibility index (Phi) is 3.98. The SMILES string of the molecule is CC(Nc1cc(O)c(O)cc1O)C(=O)C1=CC(=O)C=CC1=O. The standard InChI is InChI=1S/C15H13NO6/c1-7(15(22)9-4-8(17)2-3-11(9)18)16-10-5-13(20)14(21)6-12(10)19/h2-7,16,19-21H,1H3. The fourth-order valence-electron chi connectivity index (χ4n) is 1.92. The van der Waals surface area contributed by atoms with Gasteiger partial charge in [-0.3, -0.25) is 14.4 Å². The van der Waals surface area contributed by atoms with E-state index in [0.29, 0.717) is 0 Å². The highest BCUT2D eigenvalue weighted by Gasteiger charge is 2.25. The summed E-state index contributed by atoms with van der Waals surface area (Å²) in [7, 11) is 0. The molecular weight excluding hydrogens is 290 g/mol. The van der Waals surface area contributed by atoms with Gasteiger partial charge < -0.3 is 20.6 Å². The molecule has 0 aromatic heterocycles. The molecule has 0 bridgehead atoms. The molecule has 1 aliphatic carbocycles. The van der Waals surface area contributed by atoms with Crippen molar-refractivity contribution in [2.45, 2.75) is 13.0 Å². The van der Waals surface area contributed by atoms with Gasteiger partial charge in [-0.05, 0) is 19.1 Å². The second-order valence-electron chi connectivity index (χ2n) is 4.75. The number of Topliss-reactive ketones (excluding diaryl/α,β-unsaturated/α-hetero) is 1. The maximum Gasteiger partial charge on any atom is 0.189 e. The lowest BCUT2D eigenvalue weighted by atomic mass is 9.96. The molecule has 0 aliphatic heterocycles. The first-order chi connectivity index (χ1) is 10.3. The number of allylic oxidation sites excluding steroid dienone is 3. The summed E-state index contributed by atoms with van der Waals surface area (Å²) in [6.45, 7) is 1.43. The van der Waals surface area contributed by atoms with Gasteiger partial charge in [0.2, 0.25) is 0 Å². The Bertz CT molecular complexity index is 732. The quantitative estimate of drug-likeness (QED) is 0.281. The summed E-state index contributed by atoms with van der Waals surface area (Å²) in [5.74, 6) is -3.03. The molecule has 1 aliphatic rings. The van der Waals surface area contributed by atoms with Crippen LogP contribution in [0.25, 0.3) is 0 Å². The summed E-state index contributed by atoms with van der Waals surface area (Å²) >= 11 is 0. The summed E-state index contributed by atoms with van der Waals surface area (Å²) in [5.41, 5.74) is -0.253. The molecule has 0 spiro atoms. The molecule has 114 valence electrons. The molecule has 22 heavy (non-hydrogen) atoms. The number of nitrogens with one attached hydrogen (secondary N) is 1. The van der Waals surface area contributed by atoms with Crippen molar-refractivity contribution in [1.29, 1.82) is 0 Å². The van der Waals surface area contributed by atoms with Crippen LogP contribution >= 0.6 is 0 Å². The van der Waals surface area contributed by atoms with Gasteiger partial charge in [-0.15, -0.1) is 0 Å². The molecule has 1 aromatic carbocycles. The highest BCUT2D eigenvalue weighted by atomic mass is 16.3. The van der Waals surface area contributed by atoms with Gasteiger partial charge in [0.1, 0.15) is 5.75 Å². The number of rotatable bonds is 4. The maximum absolute atomic E-state index is 12.2. The molecule has 2 rings (SSSR count). The molecule has 0 heterocycles. The van der Waals surface area contributed by atoms with E-state index in [1.165, 1.54) is 6.92 Å². The molecule has 0 radical (unpaired) electrons. The van der Waals surface area contributed by atoms with Crippen LogP contribution in [-0.2, 0) is 14.4 Å². The molecule has 0 saturated carbocycles. The molecule has 1 atom stereocenters. The summed E-state index contributed by atoms with van der Waals surface area (Å²) < 4.78 is 0. The second kappa shape index (κ2) is 5.72. The predicted octanol–water partition coefficient (Wildman–Crippen LogP) is 0.807. The number of anilines is 1. The zero-order valence-corrected chi connectivity index (χ0v) is 11.5. The van der Waals surface area contributed by atoms with Gasteiger partial charge in [0, 0.05) is 18.2 Å². The van der Waals surface area contributed by atoms with Crippen molar-refractivity contribution < 1.29 is 29.7 Å². The largest absolute Gasteiger partial charge is 0.506 e. The van der Waals surface area contributed by atoms with E-state index in [-0.39, 0.29) is 17.0 Å². The lowest BCUT2D eigenvalue weighted by molar-refractivity contribution is -0.121. The van der Waals surface area contributed by atoms with Crippen molar-refractivity contribution in [2.75, 3.05) is 5.32 Å². The summed E-state index contributed by atoms with van der Waals surface area (Å²) in [5, 5.41) is 30.9. The van der Waals surface area contributed by atoms with E-state index in [1.54, 1.807) is 0 Å². The van der Waals surface area contributed by atoms with Crippen molar-refractivity contribution in [3.63, 3.8) is 0 Å². The number of carbonyl (C=O) groups excluding carboxylic acids is 3. The van der Waals surface area contributed by atoms with Gasteiger partial charge in [-0.1, -0.05) is 0 Å². The Morgan fingerprint density at radius 1 is 1.05 bits per heavy atom. The number of aromatic hydroxyl groups is 3. The van der Waals surface area contributed by atoms with E-state index >= 15 is 0 Å². The number of carbonyl (C=O) groups is 3. The Labute approximate surface area is 125 Å². The molecule has 1 unspecified atom stereocenters. The minimum atomic E-state index is -0.940. The molecule has 0 amide bonds. The highest BCUT2D eigenvalue weighted by molar-refractivity contribution is 6.31. The van der Waals surface area contributed by atoms with Crippen LogP contribution in [0, 0.1) is 0 Å². The summed E-state index contributed by atoms with van der Waals surface area (Å²) in [6, 6.07) is 1.01. The number of phenolic OH excluding ortho intramolecular Hbond substituents is 3. The number of ketones is 3. The van der Waals surface area contributed by atoms with Crippen molar-refractivity contribution in [3.8, 4) is 17.2 Å². The third-order valence-electron chi connectivity index (χ3n) is 3.07. The van der Waals surface area contributed by atoms with Crippen LogP contribution in [-0.4, -0.2) is 38.7 Å². The summed E-state index contributed by atoms with van der Waals surface area (Å²) in [6.07, 6.45) is 3.05. The van der Waals surface area contributed by atoms with E-state index in [1.807, 2.05) is 0 Å². The lowest BCUT2D eigenvalue weighted by Crippen LogP contribution is -2.31. The van der Waals surface area contributed by atoms with Gasteiger partial charge in [-0.25, -0.2) is 0 Å². The van der Waals surface area contributed by atoms with Crippen molar-refractivity contribution in [2.24, 2.45) is 0 Å². The van der Waals surface area contributed by atoms with Crippen molar-refractivity contribution in [1.82, 2.24) is 0 Å². The van der Waals surface area contributed by atoms with Gasteiger partial charge in [-0.2, -0.15) is 0 Å². The molecule has 0 saturated heterocycles. The van der Waals surface area contributed by atoms with Crippen LogP contribution in [0.2, 0.25) is 0 Å². The van der Waals surface area contributed by atoms with Crippen LogP contribution in [0.5, 0.6) is 17.2 Å². The minimum absolute atomic E-state index is 0.00174. The first-order valence-corrected chi connectivity index (χ1v) is 6.33. The van der Waals surface area contributed by atoms with E-state index in [2.05, 4.69) is 5.32 Å². The maximum atomic E-state index is 12.2. The third-order valence-corrected chi connectivity index (χ3v) is 3.07. The Hall–Kier alpha value is -3.09. The van der Waals surface area contributed by atoms with Gasteiger partial charge >= 0.3 is 0 Å². The third kappa shape index (κ3) is 2.98. The van der Waals surface area contributed by atoms with E-state index in [0.717, 1.165) is 30.4 Å². The zero-order valence-electron chi connectivity index (χ0n) is 11.5. The minimum Gasteiger partial charge on any atom is -0.506 e. The molecule has 0 fully saturated rings. The van der Waals surface area contributed by atoms with Crippen LogP contribution in [0.1, 0.15) is 6.92 Å². The lowest BCUT2D eigenvalue weighted by Gasteiger charge is -2.17. The first kappa shape index (κ1) is 15.3. The average Bonchev–Trinajstić information content (AvgIpc) is 2.46. The Morgan fingerprint density at radius 3 is 2.36 bits per heavy atom. The van der Waals surface area contributed by atoms with Crippen LogP contribution in [0.4, 0.5) is 5.69 Å². The number of hydrogen-bond acceptors (Lipinski definition) is 7. The average molecular weight is 303 g/mol. The van der Waals surface area contributed by atoms with E-state index < -0.39 is 34.9 Å².